The molecule has 3 nitrogen and oxygen atoms in total. The Balaban J connectivity index is 2.60. The normalized spacial score (nSPS) is 9.93. The molecule has 0 N–H and O–H groups in total. The van der Waals surface area contributed by atoms with Gasteiger partial charge in [0.25, 0.3) is 0 Å². The second-order valence-electron chi connectivity index (χ2n) is 2.83. The highest BCUT2D eigenvalue weighted by atomic mass is 79.9. The molecule has 0 unspecified atom stereocenters. The Hall–Kier alpha value is -1.31. The third kappa shape index (κ3) is 1.89. The largest absolute Gasteiger partial charge is 0.292 e. The summed E-state index contributed by atoms with van der Waals surface area (Å²) in [6.45, 7) is 0. The minimum absolute atomic E-state index is 0.533. The van der Waals surface area contributed by atoms with E-state index in [1.54, 1.807) is 35.2 Å². The number of nitrogens with zero attached hydrogens (tertiary/aromatic N) is 3. The van der Waals surface area contributed by atoms with Crippen LogP contribution in [0.1, 0.15) is 5.69 Å². The Kier molecular flexibility index (Phi) is 2.76. The van der Waals surface area contributed by atoms with Crippen molar-refractivity contribution < 1.29 is 0 Å². The van der Waals surface area contributed by atoms with Crippen LogP contribution in [-0.2, 0) is 0 Å². The second-order valence-corrected chi connectivity index (χ2v) is 4.12. The predicted molar refractivity (Wildman–Crippen MR) is 61.0 cm³/mol. The molecule has 0 spiro atoms. The first kappa shape index (κ1) is 10.2. The molecule has 0 bridgehead atoms. The van der Waals surface area contributed by atoms with Gasteiger partial charge >= 0.3 is 0 Å². The molecule has 0 radical (unpaired) electrons. The van der Waals surface area contributed by atoms with Gasteiger partial charge in [0.1, 0.15) is 11.8 Å². The van der Waals surface area contributed by atoms with E-state index in [0.717, 1.165) is 4.47 Å². The molecule has 0 fully saturated rings. The van der Waals surface area contributed by atoms with Crippen LogP contribution in [0.3, 0.4) is 0 Å². The van der Waals surface area contributed by atoms with Crippen molar-refractivity contribution in [3.05, 3.63) is 45.8 Å². The van der Waals surface area contributed by atoms with Gasteiger partial charge in [-0.3, -0.25) is 4.57 Å². The molecule has 74 valence electrons. The SMILES string of the molecule is N#Cc1cccn1-c1ncc(Cl)cc1Br. The lowest BCUT2D eigenvalue weighted by molar-refractivity contribution is 0.980. The molecule has 0 aromatic carbocycles. The molecule has 0 saturated carbocycles. The van der Waals surface area contributed by atoms with E-state index in [4.69, 9.17) is 16.9 Å². The first-order valence-electron chi connectivity index (χ1n) is 4.11. The lowest BCUT2D eigenvalue weighted by Crippen LogP contribution is -1.99. The van der Waals surface area contributed by atoms with Gasteiger partial charge in [0.05, 0.1) is 9.50 Å². The molecule has 0 aliphatic rings. The molecule has 15 heavy (non-hydrogen) atoms. The number of hydrogen-bond acceptors (Lipinski definition) is 2. The maximum Gasteiger partial charge on any atom is 0.152 e. The van der Waals surface area contributed by atoms with Gasteiger partial charge in [-0.1, -0.05) is 11.6 Å². The van der Waals surface area contributed by atoms with Crippen molar-refractivity contribution in [2.24, 2.45) is 0 Å². The third-order valence-electron chi connectivity index (χ3n) is 1.88. The molecule has 0 amide bonds. The minimum atomic E-state index is 0.533. The summed E-state index contributed by atoms with van der Waals surface area (Å²) < 4.78 is 2.45. The molecule has 5 heteroatoms. The molecular weight excluding hydrogens is 277 g/mol. The van der Waals surface area contributed by atoms with Crippen LogP contribution in [0.4, 0.5) is 0 Å². The van der Waals surface area contributed by atoms with Crippen molar-refractivity contribution in [1.29, 1.82) is 5.26 Å². The van der Waals surface area contributed by atoms with Crippen LogP contribution in [0.2, 0.25) is 5.02 Å². The highest BCUT2D eigenvalue weighted by Crippen LogP contribution is 2.23. The van der Waals surface area contributed by atoms with Gasteiger partial charge in [0.15, 0.2) is 5.82 Å². The Morgan fingerprint density at radius 2 is 2.33 bits per heavy atom. The summed E-state index contributed by atoms with van der Waals surface area (Å²) in [5, 5.41) is 9.43. The topological polar surface area (TPSA) is 41.6 Å². The fraction of sp³-hybridized carbons (Fsp3) is 0. The van der Waals surface area contributed by atoms with E-state index in [9.17, 15) is 0 Å². The standard InChI is InChI=1S/C10H5BrClN3/c11-9-4-7(12)6-14-10(9)15-3-1-2-8(15)5-13/h1-4,6H. The molecule has 0 saturated heterocycles. The van der Waals surface area contributed by atoms with Crippen molar-refractivity contribution >= 4 is 27.5 Å². The summed E-state index contributed by atoms with van der Waals surface area (Å²) in [4.78, 5) is 4.16. The number of hydrogen-bond donors (Lipinski definition) is 0. The molecule has 0 aliphatic heterocycles. The number of pyridine rings is 1. The molecular formula is C10H5BrClN3. The van der Waals surface area contributed by atoms with Crippen molar-refractivity contribution in [3.63, 3.8) is 0 Å². The monoisotopic (exact) mass is 281 g/mol. The Morgan fingerprint density at radius 3 is 3.00 bits per heavy atom. The lowest BCUT2D eigenvalue weighted by atomic mass is 10.4. The van der Waals surface area contributed by atoms with Gasteiger partial charge in [-0.05, 0) is 34.1 Å². The summed E-state index contributed by atoms with van der Waals surface area (Å²) in [6.07, 6.45) is 3.32. The molecule has 2 aromatic heterocycles. The molecule has 2 heterocycles. The predicted octanol–water partition coefficient (Wildman–Crippen LogP) is 3.16. The second kappa shape index (κ2) is 4.05. The van der Waals surface area contributed by atoms with Gasteiger partial charge in [-0.15, -0.1) is 0 Å². The summed E-state index contributed by atoms with van der Waals surface area (Å²) in [5.41, 5.74) is 0.533. The van der Waals surface area contributed by atoms with Crippen LogP contribution >= 0.6 is 27.5 Å². The van der Waals surface area contributed by atoms with Crippen molar-refractivity contribution in [2.75, 3.05) is 0 Å². The Labute approximate surface area is 100 Å². The van der Waals surface area contributed by atoms with Gasteiger partial charge < -0.3 is 0 Å². The smallest absolute Gasteiger partial charge is 0.152 e. The van der Waals surface area contributed by atoms with Gasteiger partial charge in [0, 0.05) is 12.4 Å². The molecule has 2 aromatic rings. The van der Waals surface area contributed by atoms with E-state index in [2.05, 4.69) is 27.0 Å². The highest BCUT2D eigenvalue weighted by molar-refractivity contribution is 9.10. The van der Waals surface area contributed by atoms with E-state index in [1.807, 2.05) is 0 Å². The zero-order valence-electron chi connectivity index (χ0n) is 7.48. The van der Waals surface area contributed by atoms with Crippen molar-refractivity contribution in [1.82, 2.24) is 9.55 Å². The van der Waals surface area contributed by atoms with E-state index >= 15 is 0 Å². The number of aromatic nitrogens is 2. The van der Waals surface area contributed by atoms with Gasteiger partial charge in [-0.2, -0.15) is 5.26 Å². The van der Waals surface area contributed by atoms with E-state index in [0.29, 0.717) is 16.5 Å². The maximum atomic E-state index is 8.87. The molecule has 2 rings (SSSR count). The summed E-state index contributed by atoms with van der Waals surface area (Å²) in [6, 6.07) is 7.34. The summed E-state index contributed by atoms with van der Waals surface area (Å²) in [7, 11) is 0. The third-order valence-corrected chi connectivity index (χ3v) is 2.67. The summed E-state index contributed by atoms with van der Waals surface area (Å²) >= 11 is 9.14. The maximum absolute atomic E-state index is 8.87. The zero-order chi connectivity index (χ0) is 10.8. The van der Waals surface area contributed by atoms with Crippen LogP contribution < -0.4 is 0 Å². The molecule has 0 atom stereocenters. The fourth-order valence-electron chi connectivity index (χ4n) is 1.24. The van der Waals surface area contributed by atoms with E-state index in [-0.39, 0.29) is 0 Å². The summed E-state index contributed by atoms with van der Waals surface area (Å²) in [5.74, 6) is 0.654. The van der Waals surface area contributed by atoms with Crippen molar-refractivity contribution in [2.45, 2.75) is 0 Å². The average Bonchev–Trinajstić information content (AvgIpc) is 2.65. The van der Waals surface area contributed by atoms with Gasteiger partial charge in [0.2, 0.25) is 0 Å². The first-order chi connectivity index (χ1) is 7.22. The van der Waals surface area contributed by atoms with Crippen LogP contribution in [-0.4, -0.2) is 9.55 Å². The first-order valence-corrected chi connectivity index (χ1v) is 5.28. The van der Waals surface area contributed by atoms with Crippen molar-refractivity contribution in [3.8, 4) is 11.9 Å². The number of rotatable bonds is 1. The Bertz CT molecular complexity index is 542. The van der Waals surface area contributed by atoms with E-state index in [1.165, 1.54) is 0 Å². The van der Waals surface area contributed by atoms with Crippen LogP contribution in [0.5, 0.6) is 0 Å². The fourth-order valence-corrected chi connectivity index (χ4v) is 2.07. The Morgan fingerprint density at radius 1 is 1.53 bits per heavy atom. The quantitative estimate of drug-likeness (QED) is 0.806. The minimum Gasteiger partial charge on any atom is -0.292 e. The lowest BCUT2D eigenvalue weighted by Gasteiger charge is -2.05. The number of nitriles is 1. The number of halogens is 2. The van der Waals surface area contributed by atoms with E-state index < -0.39 is 0 Å². The molecule has 0 aliphatic carbocycles. The van der Waals surface area contributed by atoms with Crippen LogP contribution in [0.15, 0.2) is 35.1 Å². The average molecular weight is 283 g/mol. The van der Waals surface area contributed by atoms with Gasteiger partial charge in [-0.25, -0.2) is 4.98 Å². The van der Waals surface area contributed by atoms with Crippen LogP contribution in [0, 0.1) is 11.3 Å². The highest BCUT2D eigenvalue weighted by Gasteiger charge is 2.07. The zero-order valence-corrected chi connectivity index (χ0v) is 9.83. The van der Waals surface area contributed by atoms with Crippen LogP contribution in [0.25, 0.3) is 5.82 Å².